The van der Waals surface area contributed by atoms with E-state index in [0.29, 0.717) is 5.56 Å². The molecule has 1 aromatic carbocycles. The van der Waals surface area contributed by atoms with Gasteiger partial charge < -0.3 is 4.57 Å². The van der Waals surface area contributed by atoms with Gasteiger partial charge in [-0.15, -0.1) is 16.9 Å². The molecule has 3 rings (SSSR count). The van der Waals surface area contributed by atoms with E-state index in [-0.39, 0.29) is 18.2 Å². The van der Waals surface area contributed by atoms with Crippen molar-refractivity contribution >= 4 is 17.5 Å². The zero-order valence-electron chi connectivity index (χ0n) is 14.2. The van der Waals surface area contributed by atoms with E-state index in [1.165, 1.54) is 15.9 Å². The van der Waals surface area contributed by atoms with Gasteiger partial charge in [-0.3, -0.25) is 4.79 Å². The molecule has 0 fully saturated rings. The maximum atomic E-state index is 12.7. The Morgan fingerprint density at radius 2 is 2.12 bits per heavy atom. The summed E-state index contributed by atoms with van der Waals surface area (Å²) in [7, 11) is 0. The normalized spacial score (nSPS) is 10.6. The summed E-state index contributed by atoms with van der Waals surface area (Å²) in [5.41, 5.74) is 3.58. The molecule has 0 bridgehead atoms. The van der Waals surface area contributed by atoms with Crippen LogP contribution in [0.5, 0.6) is 0 Å². The molecule has 0 aliphatic carbocycles. The van der Waals surface area contributed by atoms with E-state index in [1.807, 2.05) is 44.4 Å². The summed E-state index contributed by atoms with van der Waals surface area (Å²) in [5.74, 6) is 0.00177. The second kappa shape index (κ2) is 6.95. The Hall–Kier alpha value is -2.85. The van der Waals surface area contributed by atoms with Crippen molar-refractivity contribution in [2.24, 2.45) is 0 Å². The smallest absolute Gasteiger partial charge is 0.252 e. The molecule has 2 heterocycles. The summed E-state index contributed by atoms with van der Waals surface area (Å²) in [6.07, 6.45) is 3.44. The quantitative estimate of drug-likeness (QED) is 0.521. The number of thioether (sulfide) groups is 1. The van der Waals surface area contributed by atoms with Crippen molar-refractivity contribution in [3.8, 4) is 11.8 Å². The van der Waals surface area contributed by atoms with E-state index >= 15 is 0 Å². The minimum Gasteiger partial charge on any atom is -0.318 e. The van der Waals surface area contributed by atoms with E-state index in [2.05, 4.69) is 26.8 Å². The Morgan fingerprint density at radius 3 is 2.80 bits per heavy atom. The number of nitrogens with zero attached hydrogens (tertiary/aromatic N) is 5. The van der Waals surface area contributed by atoms with Gasteiger partial charge in [0.05, 0.1) is 0 Å². The van der Waals surface area contributed by atoms with Gasteiger partial charge in [0.2, 0.25) is 0 Å². The third kappa shape index (κ3) is 3.35. The lowest BCUT2D eigenvalue weighted by molar-refractivity contribution is 0.0967. The third-order valence-electron chi connectivity index (χ3n) is 3.99. The number of carbonyl (C=O) groups is 1. The molecule has 0 N–H and O–H groups in total. The van der Waals surface area contributed by atoms with Crippen LogP contribution in [0.3, 0.4) is 0 Å². The molecule has 3 aromatic rings. The number of hydrogen-bond acceptors (Lipinski definition) is 5. The maximum absolute atomic E-state index is 12.7. The minimum absolute atomic E-state index is 0.0594. The largest absolute Gasteiger partial charge is 0.318 e. The van der Waals surface area contributed by atoms with Crippen LogP contribution in [-0.4, -0.2) is 31.4 Å². The lowest BCUT2D eigenvalue weighted by Crippen LogP contribution is -2.12. The summed E-state index contributed by atoms with van der Waals surface area (Å²) in [6.45, 7) is 3.98. The van der Waals surface area contributed by atoms with Gasteiger partial charge in [0.1, 0.15) is 18.9 Å². The number of aromatic nitrogens is 4. The standard InChI is InChI=1S/C18H17N5OS/c1-12-7-16(17(24)10-22-11-20-18(9-19)21-22)13(2)23(12)14-5-4-6-15(8-14)25-3/h4-8,11H,10H2,1-3H3. The maximum Gasteiger partial charge on any atom is 0.252 e. The summed E-state index contributed by atoms with van der Waals surface area (Å²) >= 11 is 1.68. The van der Waals surface area contributed by atoms with E-state index in [1.54, 1.807) is 11.8 Å². The van der Waals surface area contributed by atoms with Crippen LogP contribution in [-0.2, 0) is 6.54 Å². The van der Waals surface area contributed by atoms with Gasteiger partial charge in [-0.25, -0.2) is 9.67 Å². The van der Waals surface area contributed by atoms with Crippen LogP contribution in [0.2, 0.25) is 0 Å². The lowest BCUT2D eigenvalue weighted by Gasteiger charge is -2.11. The zero-order valence-corrected chi connectivity index (χ0v) is 15.0. The van der Waals surface area contributed by atoms with Crippen LogP contribution in [0.15, 0.2) is 41.6 Å². The van der Waals surface area contributed by atoms with Gasteiger partial charge >= 0.3 is 0 Å². The topological polar surface area (TPSA) is 76.5 Å². The Labute approximate surface area is 150 Å². The van der Waals surface area contributed by atoms with Crippen molar-refractivity contribution in [2.45, 2.75) is 25.3 Å². The highest BCUT2D eigenvalue weighted by molar-refractivity contribution is 7.98. The molecule has 0 spiro atoms. The number of hydrogen-bond donors (Lipinski definition) is 0. The van der Waals surface area contributed by atoms with Crippen molar-refractivity contribution in [3.05, 3.63) is 59.4 Å². The lowest BCUT2D eigenvalue weighted by atomic mass is 10.1. The number of aryl methyl sites for hydroxylation is 1. The molecule has 0 aliphatic rings. The molecule has 126 valence electrons. The van der Waals surface area contributed by atoms with E-state index in [9.17, 15) is 4.79 Å². The second-order valence-electron chi connectivity index (χ2n) is 5.62. The van der Waals surface area contributed by atoms with Crippen molar-refractivity contribution in [1.29, 1.82) is 5.26 Å². The molecule has 0 saturated carbocycles. The van der Waals surface area contributed by atoms with Crippen LogP contribution in [0.1, 0.15) is 27.6 Å². The van der Waals surface area contributed by atoms with Crippen LogP contribution in [0.4, 0.5) is 0 Å². The van der Waals surface area contributed by atoms with Gasteiger partial charge in [0.25, 0.3) is 5.82 Å². The number of nitriles is 1. The molecule has 25 heavy (non-hydrogen) atoms. The number of Topliss-reactive ketones (excluding diaryl/α,β-unsaturated/α-hetero) is 1. The van der Waals surface area contributed by atoms with Crippen LogP contribution in [0, 0.1) is 25.2 Å². The fourth-order valence-electron chi connectivity index (χ4n) is 2.85. The van der Waals surface area contributed by atoms with E-state index < -0.39 is 0 Å². The molecular formula is C18H17N5OS. The first-order valence-corrected chi connectivity index (χ1v) is 8.92. The molecule has 0 amide bonds. The number of rotatable bonds is 5. The second-order valence-corrected chi connectivity index (χ2v) is 6.50. The highest BCUT2D eigenvalue weighted by atomic mass is 32.2. The molecular weight excluding hydrogens is 334 g/mol. The molecule has 2 aromatic heterocycles. The molecule has 0 radical (unpaired) electrons. The first-order chi connectivity index (χ1) is 12.0. The molecule has 0 unspecified atom stereocenters. The van der Waals surface area contributed by atoms with Gasteiger partial charge in [0.15, 0.2) is 5.78 Å². The Bertz CT molecular complexity index is 980. The predicted molar refractivity (Wildman–Crippen MR) is 96.1 cm³/mol. The molecule has 0 aliphatic heterocycles. The predicted octanol–water partition coefficient (Wildman–Crippen LogP) is 3.16. The van der Waals surface area contributed by atoms with E-state index in [4.69, 9.17) is 5.26 Å². The summed E-state index contributed by atoms with van der Waals surface area (Å²) in [5, 5.41) is 12.7. The Balaban J connectivity index is 1.93. The van der Waals surface area contributed by atoms with Crippen LogP contribution < -0.4 is 0 Å². The molecule has 7 heteroatoms. The van der Waals surface area contributed by atoms with E-state index in [0.717, 1.165) is 17.1 Å². The van der Waals surface area contributed by atoms with Gasteiger partial charge in [-0.2, -0.15) is 5.26 Å². The van der Waals surface area contributed by atoms with Gasteiger partial charge in [-0.05, 0) is 44.4 Å². The number of ketones is 1. The average molecular weight is 351 g/mol. The molecule has 0 saturated heterocycles. The Morgan fingerprint density at radius 1 is 1.32 bits per heavy atom. The van der Waals surface area contributed by atoms with Crippen molar-refractivity contribution in [3.63, 3.8) is 0 Å². The summed E-state index contributed by atoms with van der Waals surface area (Å²) in [4.78, 5) is 17.7. The average Bonchev–Trinajstić information content (AvgIpc) is 3.18. The summed E-state index contributed by atoms with van der Waals surface area (Å²) < 4.78 is 3.47. The van der Waals surface area contributed by atoms with Crippen molar-refractivity contribution in [2.75, 3.05) is 6.26 Å². The Kier molecular flexibility index (Phi) is 4.72. The first kappa shape index (κ1) is 17.0. The monoisotopic (exact) mass is 351 g/mol. The first-order valence-electron chi connectivity index (χ1n) is 7.69. The number of benzene rings is 1. The highest BCUT2D eigenvalue weighted by Gasteiger charge is 2.17. The summed E-state index contributed by atoms with van der Waals surface area (Å²) in [6, 6.07) is 12.0. The van der Waals surface area contributed by atoms with Crippen molar-refractivity contribution in [1.82, 2.24) is 19.3 Å². The van der Waals surface area contributed by atoms with Gasteiger partial charge in [0, 0.05) is 27.5 Å². The minimum atomic E-state index is -0.0604. The highest BCUT2D eigenvalue weighted by Crippen LogP contribution is 2.24. The van der Waals surface area contributed by atoms with Crippen LogP contribution >= 0.6 is 11.8 Å². The number of carbonyl (C=O) groups excluding carboxylic acids is 1. The fraction of sp³-hybridized carbons (Fsp3) is 0.222. The SMILES string of the molecule is CSc1cccc(-n2c(C)cc(C(=O)Cn3cnc(C#N)n3)c2C)c1. The molecule has 0 atom stereocenters. The molecule has 6 nitrogen and oxygen atoms in total. The fourth-order valence-corrected chi connectivity index (χ4v) is 3.30. The zero-order chi connectivity index (χ0) is 18.0. The van der Waals surface area contributed by atoms with Crippen molar-refractivity contribution < 1.29 is 4.79 Å². The van der Waals surface area contributed by atoms with Crippen LogP contribution in [0.25, 0.3) is 5.69 Å². The van der Waals surface area contributed by atoms with Gasteiger partial charge in [-0.1, -0.05) is 6.07 Å². The third-order valence-corrected chi connectivity index (χ3v) is 4.71.